The molecule has 1 aliphatic heterocycles. The van der Waals surface area contributed by atoms with Crippen LogP contribution in [0.25, 0.3) is 6.08 Å². The van der Waals surface area contributed by atoms with Gasteiger partial charge >= 0.3 is 0 Å². The molecule has 146 valence electrons. The summed E-state index contributed by atoms with van der Waals surface area (Å²) in [5.74, 6) is -0.0621. The van der Waals surface area contributed by atoms with Crippen molar-refractivity contribution in [3.8, 4) is 6.07 Å². The van der Waals surface area contributed by atoms with Gasteiger partial charge in [-0.2, -0.15) is 5.26 Å². The van der Waals surface area contributed by atoms with E-state index in [9.17, 15) is 14.9 Å². The van der Waals surface area contributed by atoms with Crippen LogP contribution in [-0.2, 0) is 16.1 Å². The Morgan fingerprint density at radius 2 is 2.19 bits per heavy atom. The molecule has 0 aromatic carbocycles. The van der Waals surface area contributed by atoms with Gasteiger partial charge in [-0.25, -0.2) is 0 Å². The lowest BCUT2D eigenvalue weighted by molar-refractivity contribution is -0.127. The molecule has 2 N–H and O–H groups in total. The minimum absolute atomic E-state index is 0.0242. The highest BCUT2D eigenvalue weighted by Crippen LogP contribution is 2.20. The topological polar surface area (TPSA) is 86.9 Å². The Kier molecular flexibility index (Phi) is 7.23. The highest BCUT2D eigenvalue weighted by molar-refractivity contribution is 6.03. The summed E-state index contributed by atoms with van der Waals surface area (Å²) in [6.45, 7) is 9.97. The zero-order valence-corrected chi connectivity index (χ0v) is 16.8. The molecule has 0 bridgehead atoms. The maximum Gasteiger partial charge on any atom is 0.262 e. The van der Waals surface area contributed by atoms with E-state index in [1.54, 1.807) is 6.08 Å². The molecule has 0 aliphatic carbocycles. The Bertz CT molecular complexity index is 768. The van der Waals surface area contributed by atoms with Gasteiger partial charge in [-0.15, -0.1) is 0 Å². The van der Waals surface area contributed by atoms with Crippen LogP contribution in [0.5, 0.6) is 0 Å². The van der Waals surface area contributed by atoms with Crippen LogP contribution in [0.3, 0.4) is 0 Å². The number of aromatic nitrogens is 1. The van der Waals surface area contributed by atoms with E-state index in [0.717, 1.165) is 42.8 Å². The molecule has 1 aliphatic rings. The van der Waals surface area contributed by atoms with E-state index in [1.165, 1.54) is 0 Å². The zero-order chi connectivity index (χ0) is 20.0. The molecule has 0 radical (unpaired) electrons. The van der Waals surface area contributed by atoms with Crippen LogP contribution < -0.4 is 10.6 Å². The van der Waals surface area contributed by atoms with E-state index in [2.05, 4.69) is 29.0 Å². The minimum atomic E-state index is -0.574. The van der Waals surface area contributed by atoms with Crippen molar-refractivity contribution in [2.75, 3.05) is 6.54 Å². The summed E-state index contributed by atoms with van der Waals surface area (Å²) < 4.78 is 2.22. The lowest BCUT2D eigenvalue weighted by Crippen LogP contribution is -2.45. The van der Waals surface area contributed by atoms with E-state index >= 15 is 0 Å². The highest BCUT2D eigenvalue weighted by Gasteiger charge is 2.24. The lowest BCUT2D eigenvalue weighted by atomic mass is 10.1. The number of hydrogen-bond donors (Lipinski definition) is 2. The summed E-state index contributed by atoms with van der Waals surface area (Å²) in [5, 5.41) is 15.0. The van der Waals surface area contributed by atoms with Crippen molar-refractivity contribution >= 4 is 17.9 Å². The molecule has 2 rings (SSSR count). The van der Waals surface area contributed by atoms with E-state index in [-0.39, 0.29) is 11.5 Å². The standard InChI is InChI=1S/C21H30N4O2/c1-14(2)8-10-25-15(3)11-17(16(25)4)12-18(13-22)20(26)24-19-7-5-6-9-23-21(19)27/h11-12,14,19H,5-10H2,1-4H3,(H,23,27)(H,24,26)/b18-12+. The fourth-order valence-electron chi connectivity index (χ4n) is 3.32. The number of carbonyl (C=O) groups excluding carboxylic acids is 2. The number of nitrogens with one attached hydrogen (secondary N) is 2. The van der Waals surface area contributed by atoms with Crippen LogP contribution in [-0.4, -0.2) is 29.0 Å². The first kappa shape index (κ1) is 20.8. The van der Waals surface area contributed by atoms with E-state index in [4.69, 9.17) is 0 Å². The average molecular weight is 370 g/mol. The number of aryl methyl sites for hydroxylation is 1. The summed E-state index contributed by atoms with van der Waals surface area (Å²) in [6.07, 6.45) is 5.06. The molecule has 1 aromatic heterocycles. The van der Waals surface area contributed by atoms with E-state index < -0.39 is 11.9 Å². The summed E-state index contributed by atoms with van der Waals surface area (Å²) in [4.78, 5) is 24.6. The maximum atomic E-state index is 12.5. The molecule has 2 heterocycles. The number of nitriles is 1. The molecule has 1 atom stereocenters. The lowest BCUT2D eigenvalue weighted by Gasteiger charge is -2.14. The Morgan fingerprint density at radius 1 is 1.44 bits per heavy atom. The summed E-state index contributed by atoms with van der Waals surface area (Å²) in [7, 11) is 0. The maximum absolute atomic E-state index is 12.5. The second-order valence-corrected chi connectivity index (χ2v) is 7.64. The normalized spacial score (nSPS) is 18.0. The van der Waals surface area contributed by atoms with Gasteiger partial charge in [0.15, 0.2) is 0 Å². The number of nitrogens with zero attached hydrogens (tertiary/aromatic N) is 2. The fourth-order valence-corrected chi connectivity index (χ4v) is 3.32. The Morgan fingerprint density at radius 3 is 2.85 bits per heavy atom. The molecule has 6 nitrogen and oxygen atoms in total. The van der Waals surface area contributed by atoms with Gasteiger partial charge in [0.25, 0.3) is 5.91 Å². The van der Waals surface area contributed by atoms with Crippen molar-refractivity contribution in [2.24, 2.45) is 5.92 Å². The van der Waals surface area contributed by atoms with Crippen molar-refractivity contribution in [1.29, 1.82) is 5.26 Å². The molecular formula is C21H30N4O2. The number of rotatable bonds is 6. The molecule has 1 unspecified atom stereocenters. The smallest absolute Gasteiger partial charge is 0.262 e. The first-order valence-corrected chi connectivity index (χ1v) is 9.70. The van der Waals surface area contributed by atoms with Gasteiger partial charge in [0, 0.05) is 24.5 Å². The molecule has 0 spiro atoms. The Labute approximate surface area is 161 Å². The molecule has 1 fully saturated rings. The van der Waals surface area contributed by atoms with Gasteiger partial charge in [-0.1, -0.05) is 13.8 Å². The number of hydrogen-bond acceptors (Lipinski definition) is 3. The number of amides is 2. The van der Waals surface area contributed by atoms with Crippen LogP contribution in [0.2, 0.25) is 0 Å². The second-order valence-electron chi connectivity index (χ2n) is 7.64. The monoisotopic (exact) mass is 370 g/mol. The highest BCUT2D eigenvalue weighted by atomic mass is 16.2. The molecule has 0 saturated carbocycles. The van der Waals surface area contributed by atoms with Crippen LogP contribution in [0.4, 0.5) is 0 Å². The third-order valence-electron chi connectivity index (χ3n) is 5.05. The van der Waals surface area contributed by atoms with Crippen LogP contribution in [0.1, 0.15) is 56.5 Å². The second kappa shape index (κ2) is 9.40. The Balaban J connectivity index is 2.17. The molecule has 1 aromatic rings. The summed E-state index contributed by atoms with van der Waals surface area (Å²) in [5.41, 5.74) is 3.05. The average Bonchev–Trinajstić information content (AvgIpc) is 2.75. The fraction of sp³-hybridized carbons (Fsp3) is 0.571. The van der Waals surface area contributed by atoms with E-state index in [0.29, 0.717) is 18.9 Å². The minimum Gasteiger partial charge on any atom is -0.354 e. The molecule has 1 saturated heterocycles. The summed E-state index contributed by atoms with van der Waals surface area (Å²) in [6, 6.07) is 3.41. The van der Waals surface area contributed by atoms with Crippen LogP contribution in [0.15, 0.2) is 11.6 Å². The zero-order valence-electron chi connectivity index (χ0n) is 16.8. The van der Waals surface area contributed by atoms with Gasteiger partial charge in [-0.3, -0.25) is 9.59 Å². The van der Waals surface area contributed by atoms with Crippen molar-refractivity contribution in [3.05, 3.63) is 28.6 Å². The van der Waals surface area contributed by atoms with Gasteiger partial charge < -0.3 is 15.2 Å². The van der Waals surface area contributed by atoms with Crippen molar-refractivity contribution in [3.63, 3.8) is 0 Å². The first-order valence-electron chi connectivity index (χ1n) is 9.70. The summed E-state index contributed by atoms with van der Waals surface area (Å²) >= 11 is 0. The van der Waals surface area contributed by atoms with Gasteiger partial charge in [0.1, 0.15) is 17.7 Å². The van der Waals surface area contributed by atoms with Crippen LogP contribution in [0, 0.1) is 31.1 Å². The predicted molar refractivity (Wildman–Crippen MR) is 106 cm³/mol. The molecular weight excluding hydrogens is 340 g/mol. The molecule has 27 heavy (non-hydrogen) atoms. The van der Waals surface area contributed by atoms with Gasteiger partial charge in [0.05, 0.1) is 0 Å². The van der Waals surface area contributed by atoms with Crippen LogP contribution >= 0.6 is 0 Å². The van der Waals surface area contributed by atoms with Crippen molar-refractivity contribution < 1.29 is 9.59 Å². The molecule has 6 heteroatoms. The first-order chi connectivity index (χ1) is 12.8. The quantitative estimate of drug-likeness (QED) is 0.596. The number of carbonyl (C=O) groups is 2. The molecule has 2 amide bonds. The third kappa shape index (κ3) is 5.46. The SMILES string of the molecule is Cc1cc(/C=C(\C#N)C(=O)NC2CCCCNC2=O)c(C)n1CCC(C)C. The van der Waals surface area contributed by atoms with Gasteiger partial charge in [-0.05, 0) is 63.2 Å². The van der Waals surface area contributed by atoms with Gasteiger partial charge in [0.2, 0.25) is 5.91 Å². The predicted octanol–water partition coefficient (Wildman–Crippen LogP) is 2.84. The Hall–Kier alpha value is -2.55. The largest absolute Gasteiger partial charge is 0.354 e. The van der Waals surface area contributed by atoms with E-state index in [1.807, 2.05) is 26.0 Å². The van der Waals surface area contributed by atoms with Crippen molar-refractivity contribution in [1.82, 2.24) is 15.2 Å². The van der Waals surface area contributed by atoms with Crippen molar-refractivity contribution in [2.45, 2.75) is 66.0 Å². The third-order valence-corrected chi connectivity index (χ3v) is 5.05.